The Balaban J connectivity index is 0.00000441. The van der Waals surface area contributed by atoms with E-state index in [1.807, 2.05) is 6.92 Å². The number of halogens is 1. The van der Waals surface area contributed by atoms with E-state index >= 15 is 0 Å². The zero-order valence-corrected chi connectivity index (χ0v) is 17.1. The Morgan fingerprint density at radius 2 is 1.95 bits per heavy atom. The zero-order chi connectivity index (χ0) is 16.3. The Morgan fingerprint density at radius 3 is 2.36 bits per heavy atom. The van der Waals surface area contributed by atoms with Gasteiger partial charge in [0.15, 0.2) is 5.96 Å². The minimum atomic E-state index is -0.124. The lowest BCUT2D eigenvalue weighted by molar-refractivity contribution is -0.176. The number of carbonyl (C=O) groups excluding carboxylic acids is 1. The largest absolute Gasteiger partial charge is 0.378 e. The summed E-state index contributed by atoms with van der Waals surface area (Å²) in [5.74, 6) is 0.672. The summed E-state index contributed by atoms with van der Waals surface area (Å²) in [7, 11) is 5.22. The smallest absolute Gasteiger partial charge is 0.243 e. The van der Waals surface area contributed by atoms with Crippen LogP contribution in [0, 0.1) is 5.41 Å². The molecule has 1 saturated carbocycles. The van der Waals surface area contributed by atoms with E-state index in [4.69, 9.17) is 4.74 Å². The third-order valence-corrected chi connectivity index (χ3v) is 4.80. The standard InChI is InChI=1S/C15H30N4O2.HI/c1-8-16-13(17-10-12(20)19(5)6)18-11-9-15(4,21-7)14(11,2)3;/h11H,8-10H2,1-7H3,(H2,16,17,18);1H. The number of nitrogens with zero attached hydrogens (tertiary/aromatic N) is 2. The SMILES string of the molecule is CCNC(=NCC(=O)N(C)C)NC1CC(C)(OC)C1(C)C.I. The molecule has 0 saturated heterocycles. The second-order valence-electron chi connectivity index (χ2n) is 6.54. The van der Waals surface area contributed by atoms with Gasteiger partial charge < -0.3 is 20.3 Å². The van der Waals surface area contributed by atoms with E-state index in [9.17, 15) is 4.79 Å². The molecule has 130 valence electrons. The fourth-order valence-corrected chi connectivity index (χ4v) is 2.50. The molecule has 0 radical (unpaired) electrons. The molecule has 2 N–H and O–H groups in total. The highest BCUT2D eigenvalue weighted by Crippen LogP contribution is 2.51. The minimum absolute atomic E-state index is 0. The summed E-state index contributed by atoms with van der Waals surface area (Å²) in [5.41, 5.74) is -0.120. The molecule has 1 aliphatic rings. The van der Waals surface area contributed by atoms with Crippen LogP contribution in [0.3, 0.4) is 0 Å². The van der Waals surface area contributed by atoms with Gasteiger partial charge in [-0.15, -0.1) is 24.0 Å². The maximum atomic E-state index is 11.6. The molecule has 22 heavy (non-hydrogen) atoms. The van der Waals surface area contributed by atoms with Crippen molar-refractivity contribution in [2.45, 2.75) is 45.8 Å². The summed E-state index contributed by atoms with van der Waals surface area (Å²) in [5, 5.41) is 6.60. The summed E-state index contributed by atoms with van der Waals surface area (Å²) >= 11 is 0. The van der Waals surface area contributed by atoms with Crippen molar-refractivity contribution in [1.29, 1.82) is 0 Å². The van der Waals surface area contributed by atoms with Crippen LogP contribution >= 0.6 is 24.0 Å². The average Bonchev–Trinajstić information content (AvgIpc) is 2.43. The maximum Gasteiger partial charge on any atom is 0.243 e. The molecule has 0 spiro atoms. The van der Waals surface area contributed by atoms with Crippen molar-refractivity contribution in [3.05, 3.63) is 0 Å². The summed E-state index contributed by atoms with van der Waals surface area (Å²) in [6, 6.07) is 0.273. The van der Waals surface area contributed by atoms with Crippen molar-refractivity contribution in [1.82, 2.24) is 15.5 Å². The molecule has 0 heterocycles. The van der Waals surface area contributed by atoms with Gasteiger partial charge in [-0.25, -0.2) is 4.99 Å². The van der Waals surface area contributed by atoms with Crippen molar-refractivity contribution in [3.63, 3.8) is 0 Å². The summed E-state index contributed by atoms with van der Waals surface area (Å²) in [4.78, 5) is 17.5. The number of nitrogens with one attached hydrogen (secondary N) is 2. The Labute approximate surface area is 151 Å². The molecule has 0 bridgehead atoms. The summed E-state index contributed by atoms with van der Waals surface area (Å²) in [6.07, 6.45) is 0.919. The van der Waals surface area contributed by atoms with Gasteiger partial charge in [0.25, 0.3) is 0 Å². The Morgan fingerprint density at radius 1 is 1.36 bits per heavy atom. The maximum absolute atomic E-state index is 11.6. The average molecular weight is 426 g/mol. The lowest BCUT2D eigenvalue weighted by Gasteiger charge is -2.59. The van der Waals surface area contributed by atoms with E-state index in [0.717, 1.165) is 13.0 Å². The molecular formula is C15H31IN4O2. The van der Waals surface area contributed by atoms with Crippen LogP contribution in [0.4, 0.5) is 0 Å². The molecular weight excluding hydrogens is 395 g/mol. The van der Waals surface area contributed by atoms with Gasteiger partial charge >= 0.3 is 0 Å². The number of methoxy groups -OCH3 is 1. The highest BCUT2D eigenvalue weighted by Gasteiger charge is 2.58. The minimum Gasteiger partial charge on any atom is -0.378 e. The predicted octanol–water partition coefficient (Wildman–Crippen LogP) is 1.45. The van der Waals surface area contributed by atoms with Gasteiger partial charge in [-0.05, 0) is 20.3 Å². The first-order chi connectivity index (χ1) is 9.67. The van der Waals surface area contributed by atoms with Gasteiger partial charge in [0.1, 0.15) is 6.54 Å². The van der Waals surface area contributed by atoms with Crippen molar-refractivity contribution < 1.29 is 9.53 Å². The second kappa shape index (κ2) is 8.33. The number of carbonyl (C=O) groups is 1. The van der Waals surface area contributed by atoms with Crippen LogP contribution < -0.4 is 10.6 Å². The van der Waals surface area contributed by atoms with Crippen molar-refractivity contribution in [2.75, 3.05) is 34.3 Å². The first-order valence-electron chi connectivity index (χ1n) is 7.48. The fourth-order valence-electron chi connectivity index (χ4n) is 2.50. The number of rotatable bonds is 5. The van der Waals surface area contributed by atoms with Crippen LogP contribution in [0.2, 0.25) is 0 Å². The molecule has 0 aromatic carbocycles. The van der Waals surface area contributed by atoms with Crippen molar-refractivity contribution >= 4 is 35.8 Å². The van der Waals surface area contributed by atoms with Crippen LogP contribution in [-0.2, 0) is 9.53 Å². The van der Waals surface area contributed by atoms with Crippen LogP contribution in [-0.4, -0.2) is 62.7 Å². The molecule has 6 nitrogen and oxygen atoms in total. The molecule has 1 fully saturated rings. The molecule has 7 heteroatoms. The van der Waals surface area contributed by atoms with E-state index in [-0.39, 0.29) is 53.5 Å². The Kier molecular flexibility index (Phi) is 8.11. The van der Waals surface area contributed by atoms with E-state index in [1.165, 1.54) is 0 Å². The molecule has 1 amide bonds. The van der Waals surface area contributed by atoms with Crippen LogP contribution in [0.5, 0.6) is 0 Å². The topological polar surface area (TPSA) is 66.0 Å². The van der Waals surface area contributed by atoms with Crippen LogP contribution in [0.1, 0.15) is 34.1 Å². The molecule has 0 aromatic heterocycles. The van der Waals surface area contributed by atoms with E-state index in [2.05, 4.69) is 36.4 Å². The highest BCUT2D eigenvalue weighted by molar-refractivity contribution is 14.0. The van der Waals surface area contributed by atoms with Gasteiger partial charge in [-0.3, -0.25) is 4.79 Å². The van der Waals surface area contributed by atoms with E-state index in [1.54, 1.807) is 26.1 Å². The molecule has 1 rings (SSSR count). The second-order valence-corrected chi connectivity index (χ2v) is 6.54. The highest BCUT2D eigenvalue weighted by atomic mass is 127. The first-order valence-corrected chi connectivity index (χ1v) is 7.48. The van der Waals surface area contributed by atoms with Gasteiger partial charge in [0, 0.05) is 39.2 Å². The number of ether oxygens (including phenoxy) is 1. The molecule has 2 atom stereocenters. The third-order valence-electron chi connectivity index (χ3n) is 4.80. The van der Waals surface area contributed by atoms with Gasteiger partial charge in [0.2, 0.25) is 5.91 Å². The number of guanidine groups is 1. The number of likely N-dealkylation sites (N-methyl/N-ethyl adjacent to an activating group) is 1. The van der Waals surface area contributed by atoms with E-state index in [0.29, 0.717) is 5.96 Å². The van der Waals surface area contributed by atoms with Gasteiger partial charge in [-0.1, -0.05) is 13.8 Å². The third kappa shape index (κ3) is 4.47. The molecule has 2 unspecified atom stereocenters. The quantitative estimate of drug-likeness (QED) is 0.397. The predicted molar refractivity (Wildman–Crippen MR) is 101 cm³/mol. The number of aliphatic imine (C=N–C) groups is 1. The Hall–Kier alpha value is -0.570. The molecule has 0 aliphatic heterocycles. The fraction of sp³-hybridized carbons (Fsp3) is 0.867. The number of hydrogen-bond donors (Lipinski definition) is 2. The lowest BCUT2D eigenvalue weighted by atomic mass is 9.56. The normalized spacial score (nSPS) is 26.5. The van der Waals surface area contributed by atoms with Crippen LogP contribution in [0.25, 0.3) is 0 Å². The summed E-state index contributed by atoms with van der Waals surface area (Å²) in [6.45, 7) is 9.42. The molecule has 1 aliphatic carbocycles. The first kappa shape index (κ1) is 21.4. The lowest BCUT2D eigenvalue weighted by Crippen LogP contribution is -2.69. The van der Waals surface area contributed by atoms with Gasteiger partial charge in [-0.2, -0.15) is 0 Å². The number of amides is 1. The molecule has 0 aromatic rings. The van der Waals surface area contributed by atoms with Gasteiger partial charge in [0.05, 0.1) is 5.60 Å². The summed E-state index contributed by atoms with van der Waals surface area (Å²) < 4.78 is 5.63. The monoisotopic (exact) mass is 426 g/mol. The van der Waals surface area contributed by atoms with Crippen LogP contribution in [0.15, 0.2) is 4.99 Å². The van der Waals surface area contributed by atoms with Crippen molar-refractivity contribution in [2.24, 2.45) is 10.4 Å². The van der Waals surface area contributed by atoms with E-state index < -0.39 is 0 Å². The number of hydrogen-bond acceptors (Lipinski definition) is 3. The Bertz CT molecular complexity index is 412. The van der Waals surface area contributed by atoms with Crippen molar-refractivity contribution in [3.8, 4) is 0 Å². The zero-order valence-electron chi connectivity index (χ0n) is 14.8.